The second-order valence-electron chi connectivity index (χ2n) is 8.73. The first-order chi connectivity index (χ1) is 16.9. The van der Waals surface area contributed by atoms with Crippen molar-refractivity contribution in [3.8, 4) is 17.0 Å². The van der Waals surface area contributed by atoms with Crippen LogP contribution in [0.15, 0.2) is 59.7 Å². The average Bonchev–Trinajstić information content (AvgIpc) is 3.24. The van der Waals surface area contributed by atoms with Crippen LogP contribution in [0.4, 0.5) is 5.69 Å². The molecule has 3 aromatic rings. The molecule has 1 atom stereocenters. The first-order valence-electron chi connectivity index (χ1n) is 11.8. The van der Waals surface area contributed by atoms with Gasteiger partial charge in [-0.1, -0.05) is 6.07 Å². The van der Waals surface area contributed by atoms with Crippen LogP contribution in [0.2, 0.25) is 0 Å². The fourth-order valence-corrected chi connectivity index (χ4v) is 4.11. The Kier molecular flexibility index (Phi) is 7.29. The van der Waals surface area contributed by atoms with E-state index in [1.807, 2.05) is 63.2 Å². The number of rotatable bonds is 8. The molecule has 4 rings (SSSR count). The first-order valence-corrected chi connectivity index (χ1v) is 11.8. The second kappa shape index (κ2) is 10.5. The molecule has 0 aliphatic carbocycles. The monoisotopic (exact) mass is 474 g/mol. The molecule has 0 spiro atoms. The van der Waals surface area contributed by atoms with Crippen LogP contribution in [0, 0.1) is 19.8 Å². The lowest BCUT2D eigenvalue weighted by molar-refractivity contribution is -0.126. The maximum atomic E-state index is 12.7. The van der Waals surface area contributed by atoms with Crippen molar-refractivity contribution < 1.29 is 14.3 Å². The predicted molar refractivity (Wildman–Crippen MR) is 134 cm³/mol. The van der Waals surface area contributed by atoms with Gasteiger partial charge in [0.25, 0.3) is 5.56 Å². The highest BCUT2D eigenvalue weighted by molar-refractivity contribution is 6.00. The van der Waals surface area contributed by atoms with Gasteiger partial charge in [-0.05, 0) is 68.3 Å². The summed E-state index contributed by atoms with van der Waals surface area (Å²) in [6.07, 6.45) is 1.66. The zero-order valence-electron chi connectivity index (χ0n) is 20.3. The van der Waals surface area contributed by atoms with Gasteiger partial charge in [-0.3, -0.25) is 19.0 Å². The van der Waals surface area contributed by atoms with Gasteiger partial charge in [0.05, 0.1) is 24.5 Å². The molecule has 0 radical (unpaired) electrons. The summed E-state index contributed by atoms with van der Waals surface area (Å²) in [4.78, 5) is 43.8. The molecule has 2 aromatic carbocycles. The van der Waals surface area contributed by atoms with Crippen molar-refractivity contribution in [3.05, 3.63) is 76.3 Å². The number of aromatic nitrogens is 2. The number of hydrogen-bond donors (Lipinski definition) is 1. The van der Waals surface area contributed by atoms with Crippen molar-refractivity contribution in [2.45, 2.75) is 33.7 Å². The molecule has 2 amide bonds. The van der Waals surface area contributed by atoms with Crippen LogP contribution in [0.25, 0.3) is 11.3 Å². The third-order valence-corrected chi connectivity index (χ3v) is 6.29. The standard InChI is InChI=1S/C27H30N4O4/c1-4-35-23-9-6-20(7-10-23)24-15-25(32)30(17-29-24)12-11-28-27(34)21-14-26(33)31(16-21)22-8-5-18(2)19(3)13-22/h5-10,13,15,17,21H,4,11-12,14,16H2,1-3H3,(H,28,34). The van der Waals surface area contributed by atoms with E-state index in [0.717, 1.165) is 28.1 Å². The summed E-state index contributed by atoms with van der Waals surface area (Å²) in [6.45, 7) is 7.46. The normalized spacial score (nSPS) is 15.3. The number of ether oxygens (including phenoxy) is 1. The van der Waals surface area contributed by atoms with E-state index in [-0.39, 0.29) is 30.3 Å². The van der Waals surface area contributed by atoms with E-state index in [1.165, 1.54) is 17.0 Å². The number of amides is 2. The van der Waals surface area contributed by atoms with Gasteiger partial charge in [-0.25, -0.2) is 4.98 Å². The topological polar surface area (TPSA) is 93.5 Å². The molecule has 0 bridgehead atoms. The highest BCUT2D eigenvalue weighted by atomic mass is 16.5. The Balaban J connectivity index is 1.31. The molecule has 182 valence electrons. The van der Waals surface area contributed by atoms with Gasteiger partial charge in [0.2, 0.25) is 11.8 Å². The van der Waals surface area contributed by atoms with E-state index in [2.05, 4.69) is 10.3 Å². The van der Waals surface area contributed by atoms with Crippen LogP contribution in [-0.4, -0.2) is 41.1 Å². The molecule has 1 aliphatic rings. The Morgan fingerprint density at radius 2 is 1.86 bits per heavy atom. The van der Waals surface area contributed by atoms with Gasteiger partial charge in [0, 0.05) is 43.4 Å². The number of aryl methyl sites for hydroxylation is 2. The maximum absolute atomic E-state index is 12.7. The molecule has 1 unspecified atom stereocenters. The van der Waals surface area contributed by atoms with Crippen LogP contribution < -0.4 is 20.5 Å². The number of nitrogens with zero attached hydrogens (tertiary/aromatic N) is 3. The number of benzene rings is 2. The minimum absolute atomic E-state index is 0.0568. The van der Waals surface area contributed by atoms with Crippen LogP contribution in [0.3, 0.4) is 0 Å². The largest absolute Gasteiger partial charge is 0.494 e. The molecular weight excluding hydrogens is 444 g/mol. The first kappa shape index (κ1) is 24.2. The molecule has 35 heavy (non-hydrogen) atoms. The predicted octanol–water partition coefficient (Wildman–Crippen LogP) is 3.10. The van der Waals surface area contributed by atoms with Gasteiger partial charge in [0.1, 0.15) is 5.75 Å². The minimum Gasteiger partial charge on any atom is -0.494 e. The average molecular weight is 475 g/mol. The molecular formula is C27H30N4O4. The van der Waals surface area contributed by atoms with Crippen molar-refractivity contribution in [2.24, 2.45) is 5.92 Å². The smallest absolute Gasteiger partial charge is 0.253 e. The SMILES string of the molecule is CCOc1ccc(-c2cc(=O)n(CCNC(=O)C3CC(=O)N(c4ccc(C)c(C)c4)C3)cn2)cc1. The molecule has 1 aromatic heterocycles. The third kappa shape index (κ3) is 5.59. The Bertz CT molecular complexity index is 1280. The van der Waals surface area contributed by atoms with Crippen molar-refractivity contribution in [1.29, 1.82) is 0 Å². The van der Waals surface area contributed by atoms with E-state index in [0.29, 0.717) is 25.4 Å². The molecule has 8 heteroatoms. The van der Waals surface area contributed by atoms with Gasteiger partial charge in [-0.2, -0.15) is 0 Å². The summed E-state index contributed by atoms with van der Waals surface area (Å²) in [7, 11) is 0. The Morgan fingerprint density at radius 1 is 1.09 bits per heavy atom. The van der Waals surface area contributed by atoms with Crippen molar-refractivity contribution >= 4 is 17.5 Å². The molecule has 0 saturated carbocycles. The number of nitrogens with one attached hydrogen (secondary N) is 1. The van der Waals surface area contributed by atoms with Gasteiger partial charge >= 0.3 is 0 Å². The summed E-state index contributed by atoms with van der Waals surface area (Å²) >= 11 is 0. The lowest BCUT2D eigenvalue weighted by Crippen LogP contribution is -2.36. The van der Waals surface area contributed by atoms with Gasteiger partial charge < -0.3 is 15.0 Å². The van der Waals surface area contributed by atoms with Gasteiger partial charge in [0.15, 0.2) is 0 Å². The lowest BCUT2D eigenvalue weighted by atomic mass is 10.1. The van der Waals surface area contributed by atoms with Crippen molar-refractivity contribution in [2.75, 3.05) is 24.6 Å². The molecule has 2 heterocycles. The summed E-state index contributed by atoms with van der Waals surface area (Å²) in [5.41, 5.74) is 4.29. The highest BCUT2D eigenvalue weighted by Crippen LogP contribution is 2.27. The zero-order chi connectivity index (χ0) is 24.9. The number of carbonyl (C=O) groups is 2. The zero-order valence-corrected chi connectivity index (χ0v) is 20.3. The third-order valence-electron chi connectivity index (χ3n) is 6.29. The number of carbonyl (C=O) groups excluding carboxylic acids is 2. The molecule has 1 N–H and O–H groups in total. The van der Waals surface area contributed by atoms with E-state index in [9.17, 15) is 14.4 Å². The van der Waals surface area contributed by atoms with Crippen LogP contribution in [0.1, 0.15) is 24.5 Å². The van der Waals surface area contributed by atoms with Crippen LogP contribution in [0.5, 0.6) is 5.75 Å². The Morgan fingerprint density at radius 3 is 2.54 bits per heavy atom. The van der Waals surface area contributed by atoms with Crippen molar-refractivity contribution in [1.82, 2.24) is 14.9 Å². The molecule has 8 nitrogen and oxygen atoms in total. The fraction of sp³-hybridized carbons (Fsp3) is 0.333. The summed E-state index contributed by atoms with van der Waals surface area (Å²) < 4.78 is 6.90. The summed E-state index contributed by atoms with van der Waals surface area (Å²) in [5, 5.41) is 2.86. The number of hydrogen-bond acceptors (Lipinski definition) is 5. The number of anilines is 1. The molecule has 1 saturated heterocycles. The van der Waals surface area contributed by atoms with Crippen molar-refractivity contribution in [3.63, 3.8) is 0 Å². The van der Waals surface area contributed by atoms with Crippen LogP contribution >= 0.6 is 0 Å². The van der Waals surface area contributed by atoms with E-state index < -0.39 is 5.92 Å². The lowest BCUT2D eigenvalue weighted by Gasteiger charge is -2.18. The minimum atomic E-state index is -0.416. The fourth-order valence-electron chi connectivity index (χ4n) is 4.11. The summed E-state index contributed by atoms with van der Waals surface area (Å²) in [5.74, 6) is 0.109. The molecule has 1 aliphatic heterocycles. The van der Waals surface area contributed by atoms with E-state index in [1.54, 1.807) is 4.90 Å². The quantitative estimate of drug-likeness (QED) is 0.542. The van der Waals surface area contributed by atoms with E-state index in [4.69, 9.17) is 4.74 Å². The van der Waals surface area contributed by atoms with Gasteiger partial charge in [-0.15, -0.1) is 0 Å². The summed E-state index contributed by atoms with van der Waals surface area (Å²) in [6, 6.07) is 14.8. The Labute approximate surface area is 204 Å². The second-order valence-corrected chi connectivity index (χ2v) is 8.73. The van der Waals surface area contributed by atoms with Crippen LogP contribution in [-0.2, 0) is 16.1 Å². The Hall–Kier alpha value is -3.94. The molecule has 1 fully saturated rings. The highest BCUT2D eigenvalue weighted by Gasteiger charge is 2.35. The van der Waals surface area contributed by atoms with E-state index >= 15 is 0 Å². The maximum Gasteiger partial charge on any atom is 0.253 e.